The van der Waals surface area contributed by atoms with Crippen LogP contribution in [0.2, 0.25) is 0 Å². The van der Waals surface area contributed by atoms with Crippen LogP contribution in [0.4, 0.5) is 0 Å². The zero-order chi connectivity index (χ0) is 46.1. The molecule has 0 radical (unpaired) electrons. The Morgan fingerprint density at radius 2 is 0.600 bits per heavy atom. The highest BCUT2D eigenvalue weighted by molar-refractivity contribution is 5.70. The van der Waals surface area contributed by atoms with E-state index in [4.69, 9.17) is 35.7 Å². The quantitative estimate of drug-likeness (QED) is 0.0377. The summed E-state index contributed by atoms with van der Waals surface area (Å²) in [4.78, 5) is 76.3. The van der Waals surface area contributed by atoms with Crippen molar-refractivity contribution in [1.82, 2.24) is 29.4 Å². The lowest BCUT2D eigenvalue weighted by Crippen LogP contribution is -2.41. The minimum absolute atomic E-state index is 0.0114. The molecule has 0 rings (SSSR count). The summed E-state index contributed by atoms with van der Waals surface area (Å²) >= 11 is 0. The first-order valence-electron chi connectivity index (χ1n) is 20.7. The topological polar surface area (TPSA) is 282 Å². The molecule has 0 unspecified atom stereocenters. The molecule has 0 aromatic rings. The van der Waals surface area contributed by atoms with Gasteiger partial charge in [0.15, 0.2) is 0 Å². The molecule has 0 heterocycles. The number of rotatable bonds is 37. The van der Waals surface area contributed by atoms with Crippen LogP contribution in [0.25, 0.3) is 0 Å². The lowest BCUT2D eigenvalue weighted by molar-refractivity contribution is -0.142. The van der Waals surface area contributed by atoms with E-state index in [2.05, 4.69) is 26.2 Å². The molecule has 0 fully saturated rings. The molecule has 0 aromatic carbocycles. The molecule has 0 aliphatic carbocycles. The van der Waals surface area contributed by atoms with E-state index in [1.54, 1.807) is 9.80 Å². The number of carbonyl (C=O) groups excluding carboxylic acids is 2. The first kappa shape index (κ1) is 60.8. The molecule has 0 spiro atoms. The van der Waals surface area contributed by atoms with Crippen LogP contribution in [-0.4, -0.2) is 253 Å². The number of aliphatic hydroxyl groups excluding tert-OH is 3. The third-order valence-electron chi connectivity index (χ3n) is 8.79. The maximum atomic E-state index is 11.2. The van der Waals surface area contributed by atoms with Crippen LogP contribution >= 0.6 is 0 Å². The van der Waals surface area contributed by atoms with E-state index in [1.165, 1.54) is 14.2 Å². The number of carboxylic acid groups (broad SMARTS) is 4. The Morgan fingerprint density at radius 3 is 0.867 bits per heavy atom. The van der Waals surface area contributed by atoms with Gasteiger partial charge in [-0.05, 0) is 38.9 Å². The van der Waals surface area contributed by atoms with Crippen LogP contribution in [0.5, 0.6) is 0 Å². The van der Waals surface area contributed by atoms with Crippen LogP contribution in [0, 0.1) is 0 Å². The fraction of sp³-hybridized carbons (Fsp3) is 0.846. The standard InChI is InChI=1S/C15H30N2O5.C13H26N2O5.C11H22N2O5/c1-4-7-16(8-5-14(19)21-2)10-11-17(12-13-18)9-6-15(20)22-3;1-2-5-14(6-3-12(17)18)8-9-15(10-11-16)7-4-13(19)20;1-2-3-12(8-10(15)16)4-5-13(6-7-14)9-11(17)18/h18H,4-13H2,1-3H3;16H,2-11H2,1H3,(H,17,18)(H,19,20);14H,2-9H2,1H3,(H,15,16)(H,17,18). The van der Waals surface area contributed by atoms with Crippen LogP contribution in [-0.2, 0) is 38.2 Å². The molecule has 0 aliphatic heterocycles. The fourth-order valence-corrected chi connectivity index (χ4v) is 5.70. The summed E-state index contributed by atoms with van der Waals surface area (Å²) in [5, 5.41) is 61.7. The van der Waals surface area contributed by atoms with Crippen LogP contribution < -0.4 is 0 Å². The molecule has 0 atom stereocenters. The second-order valence-corrected chi connectivity index (χ2v) is 13.8. The van der Waals surface area contributed by atoms with E-state index in [1.807, 2.05) is 23.6 Å². The largest absolute Gasteiger partial charge is 0.481 e. The van der Waals surface area contributed by atoms with Crippen LogP contribution in [0.1, 0.15) is 65.7 Å². The van der Waals surface area contributed by atoms with Crippen LogP contribution in [0.15, 0.2) is 0 Å². The van der Waals surface area contributed by atoms with Crippen molar-refractivity contribution in [3.63, 3.8) is 0 Å². The summed E-state index contributed by atoms with van der Waals surface area (Å²) in [5.41, 5.74) is 0. The van der Waals surface area contributed by atoms with Crippen molar-refractivity contribution in [2.45, 2.75) is 65.7 Å². The number of aliphatic hydroxyl groups is 3. The van der Waals surface area contributed by atoms with Gasteiger partial charge in [-0.3, -0.25) is 48.4 Å². The second kappa shape index (κ2) is 42.2. The number of esters is 2. The van der Waals surface area contributed by atoms with Crippen molar-refractivity contribution >= 4 is 35.8 Å². The Bertz CT molecular complexity index is 1040. The van der Waals surface area contributed by atoms with Gasteiger partial charge in [0.2, 0.25) is 0 Å². The second-order valence-electron chi connectivity index (χ2n) is 13.8. The molecule has 0 aliphatic rings. The van der Waals surface area contributed by atoms with Crippen molar-refractivity contribution in [2.24, 2.45) is 0 Å². The highest BCUT2D eigenvalue weighted by atomic mass is 16.5. The highest BCUT2D eigenvalue weighted by Crippen LogP contribution is 2.01. The van der Waals surface area contributed by atoms with Gasteiger partial charge < -0.3 is 55.0 Å². The molecular weight excluding hydrogens is 792 g/mol. The van der Waals surface area contributed by atoms with Crippen molar-refractivity contribution in [3.8, 4) is 0 Å². The molecule has 21 nitrogen and oxygen atoms in total. The number of hydrogen-bond acceptors (Lipinski definition) is 17. The SMILES string of the molecule is CCCN(CCC(=O)O)CCN(CCO)CCC(=O)O.CCCN(CCC(=O)OC)CCN(CCO)CCC(=O)OC.CCCN(CCN(CCO)CC(=O)O)CC(=O)O. The van der Waals surface area contributed by atoms with E-state index >= 15 is 0 Å². The van der Waals surface area contributed by atoms with E-state index < -0.39 is 23.9 Å². The lowest BCUT2D eigenvalue weighted by Gasteiger charge is -2.26. The van der Waals surface area contributed by atoms with Gasteiger partial charge >= 0.3 is 35.8 Å². The Morgan fingerprint density at radius 1 is 0.350 bits per heavy atom. The molecule has 0 aromatic heterocycles. The summed E-state index contributed by atoms with van der Waals surface area (Å²) in [5.74, 6) is -3.98. The third-order valence-corrected chi connectivity index (χ3v) is 8.79. The normalized spacial score (nSPS) is 11.1. The van der Waals surface area contributed by atoms with E-state index in [0.717, 1.165) is 45.4 Å². The maximum Gasteiger partial charge on any atom is 0.317 e. The molecule has 354 valence electrons. The number of nitrogens with zero attached hydrogens (tertiary/aromatic N) is 6. The Balaban J connectivity index is -0.000000816. The lowest BCUT2D eigenvalue weighted by atomic mass is 10.3. The predicted octanol–water partition coefficient (Wildman–Crippen LogP) is -0.777. The van der Waals surface area contributed by atoms with Gasteiger partial charge in [0.25, 0.3) is 0 Å². The zero-order valence-corrected chi connectivity index (χ0v) is 36.9. The first-order valence-corrected chi connectivity index (χ1v) is 20.7. The average Bonchev–Trinajstić information content (AvgIpc) is 3.19. The monoisotopic (exact) mass is 871 g/mol. The molecular formula is C39H78N6O15. The number of carbonyl (C=O) groups is 6. The molecule has 7 N–H and O–H groups in total. The number of hydrogen-bond donors (Lipinski definition) is 7. The zero-order valence-electron chi connectivity index (χ0n) is 36.9. The minimum Gasteiger partial charge on any atom is -0.481 e. The van der Waals surface area contributed by atoms with Gasteiger partial charge in [0, 0.05) is 85.1 Å². The summed E-state index contributed by atoms with van der Waals surface area (Å²) in [6.07, 6.45) is 3.62. The van der Waals surface area contributed by atoms with Gasteiger partial charge in [0.05, 0.1) is 72.8 Å². The highest BCUT2D eigenvalue weighted by Gasteiger charge is 2.15. The molecule has 0 saturated carbocycles. The summed E-state index contributed by atoms with van der Waals surface area (Å²) < 4.78 is 9.29. The van der Waals surface area contributed by atoms with Gasteiger partial charge in [-0.1, -0.05) is 20.8 Å². The number of aliphatic carboxylic acids is 4. The first-order chi connectivity index (χ1) is 28.5. The molecule has 0 saturated heterocycles. The Kier molecular flexibility index (Phi) is 42.7. The minimum atomic E-state index is -0.955. The predicted molar refractivity (Wildman–Crippen MR) is 224 cm³/mol. The van der Waals surface area contributed by atoms with Crippen LogP contribution in [0.3, 0.4) is 0 Å². The van der Waals surface area contributed by atoms with Crippen molar-refractivity contribution < 1.29 is 74.0 Å². The number of methoxy groups -OCH3 is 2. The Hall–Kier alpha value is -3.54. The van der Waals surface area contributed by atoms with E-state index in [-0.39, 0.29) is 64.2 Å². The summed E-state index contributed by atoms with van der Waals surface area (Å²) in [6, 6.07) is 0. The molecule has 21 heteroatoms. The number of ether oxygens (including phenoxy) is 2. The van der Waals surface area contributed by atoms with E-state index in [9.17, 15) is 28.8 Å². The smallest absolute Gasteiger partial charge is 0.317 e. The summed E-state index contributed by atoms with van der Waals surface area (Å²) in [7, 11) is 2.76. The molecule has 0 bridgehead atoms. The fourth-order valence-electron chi connectivity index (χ4n) is 5.70. The summed E-state index contributed by atoms with van der Waals surface area (Å²) in [6.45, 7) is 15.3. The third kappa shape index (κ3) is 41.2. The van der Waals surface area contributed by atoms with E-state index in [0.29, 0.717) is 84.8 Å². The van der Waals surface area contributed by atoms with Gasteiger partial charge in [0.1, 0.15) is 0 Å². The average molecular weight is 871 g/mol. The molecule has 60 heavy (non-hydrogen) atoms. The Labute approximate surface area is 356 Å². The van der Waals surface area contributed by atoms with Crippen molar-refractivity contribution in [3.05, 3.63) is 0 Å². The van der Waals surface area contributed by atoms with Crippen molar-refractivity contribution in [2.75, 3.05) is 152 Å². The maximum absolute atomic E-state index is 11.2. The number of carboxylic acids is 4. The van der Waals surface area contributed by atoms with Gasteiger partial charge in [-0.2, -0.15) is 0 Å². The van der Waals surface area contributed by atoms with Crippen molar-refractivity contribution in [1.29, 1.82) is 0 Å². The van der Waals surface area contributed by atoms with Gasteiger partial charge in [-0.25, -0.2) is 0 Å². The molecule has 0 amide bonds. The van der Waals surface area contributed by atoms with Gasteiger partial charge in [-0.15, -0.1) is 0 Å².